The second-order valence-corrected chi connectivity index (χ2v) is 5.62. The Hall–Kier alpha value is -3.36. The van der Waals surface area contributed by atoms with Gasteiger partial charge in [0.2, 0.25) is 11.3 Å². The van der Waals surface area contributed by atoms with Crippen molar-refractivity contribution in [3.05, 3.63) is 37.1 Å². The molecule has 0 aliphatic rings. The van der Waals surface area contributed by atoms with Crippen molar-refractivity contribution in [1.29, 1.82) is 0 Å². The summed E-state index contributed by atoms with van der Waals surface area (Å²) in [5.41, 5.74) is 5.13. The van der Waals surface area contributed by atoms with Crippen LogP contribution >= 0.6 is 0 Å². The van der Waals surface area contributed by atoms with Gasteiger partial charge in [0.05, 0.1) is 17.2 Å². The van der Waals surface area contributed by atoms with E-state index in [-0.39, 0.29) is 0 Å². The van der Waals surface area contributed by atoms with Gasteiger partial charge in [-0.3, -0.25) is 13.5 Å². The summed E-state index contributed by atoms with van der Waals surface area (Å²) < 4.78 is 5.69. The minimum atomic E-state index is 0.673. The number of fused-ring (bicyclic) bond motifs is 6. The normalized spacial score (nSPS) is 11.9. The molecule has 118 valence electrons. The van der Waals surface area contributed by atoms with Gasteiger partial charge in [-0.1, -0.05) is 18.2 Å². The Balaban J connectivity index is 1.79. The number of aromatic nitrogens is 9. The molecule has 0 amide bonds. The van der Waals surface area contributed by atoms with E-state index in [1.165, 1.54) is 0 Å². The van der Waals surface area contributed by atoms with Gasteiger partial charge in [0.1, 0.15) is 18.3 Å². The van der Waals surface area contributed by atoms with E-state index in [4.69, 9.17) is 0 Å². The van der Waals surface area contributed by atoms with Gasteiger partial charge >= 0.3 is 0 Å². The van der Waals surface area contributed by atoms with E-state index in [2.05, 4.69) is 43.7 Å². The lowest BCUT2D eigenvalue weighted by atomic mass is 10.1. The third kappa shape index (κ3) is 1.75. The predicted molar refractivity (Wildman–Crippen MR) is 86.3 cm³/mol. The average molecular weight is 319 g/mol. The summed E-state index contributed by atoms with van der Waals surface area (Å²) >= 11 is 0. The summed E-state index contributed by atoms with van der Waals surface area (Å²) in [6.07, 6.45) is 6.35. The third-order valence-electron chi connectivity index (χ3n) is 4.08. The lowest BCUT2D eigenvalue weighted by molar-refractivity contribution is 0.579. The van der Waals surface area contributed by atoms with Crippen LogP contribution in [0.4, 0.5) is 0 Å². The van der Waals surface area contributed by atoms with Gasteiger partial charge in [0.25, 0.3) is 0 Å². The summed E-state index contributed by atoms with van der Waals surface area (Å²) in [5, 5.41) is 24.7. The zero-order valence-electron chi connectivity index (χ0n) is 12.9. The van der Waals surface area contributed by atoms with Gasteiger partial charge in [-0.05, 0) is 18.6 Å². The van der Waals surface area contributed by atoms with Crippen molar-refractivity contribution in [2.24, 2.45) is 0 Å². The Bertz CT molecular complexity index is 1180. The topological polar surface area (TPSA) is 91.1 Å². The molecular weight excluding hydrogens is 306 g/mol. The Morgan fingerprint density at radius 1 is 0.917 bits per heavy atom. The van der Waals surface area contributed by atoms with Crippen LogP contribution in [0.25, 0.3) is 33.6 Å². The van der Waals surface area contributed by atoms with E-state index < -0.39 is 0 Å². The van der Waals surface area contributed by atoms with Crippen LogP contribution in [-0.2, 0) is 6.54 Å². The van der Waals surface area contributed by atoms with Crippen LogP contribution in [0.15, 0.2) is 37.1 Å². The average Bonchev–Trinajstić information content (AvgIpc) is 3.34. The Morgan fingerprint density at radius 3 is 2.42 bits per heavy atom. The van der Waals surface area contributed by atoms with Gasteiger partial charge in [0, 0.05) is 12.1 Å². The van der Waals surface area contributed by atoms with Gasteiger partial charge in [0.15, 0.2) is 0 Å². The van der Waals surface area contributed by atoms with Crippen LogP contribution < -0.4 is 0 Å². The summed E-state index contributed by atoms with van der Waals surface area (Å²) in [5.74, 6) is 0. The van der Waals surface area contributed by atoms with Crippen LogP contribution in [-0.4, -0.2) is 44.2 Å². The van der Waals surface area contributed by atoms with Crippen molar-refractivity contribution < 1.29 is 0 Å². The standard InChI is InChI=1S/C15H13N9/c1-2-5-22-7-11(18-21-22)10-3-4-12-13(6-10)24-9-17-20-15(24)14-19-16-8-23(12)14/h3-4,6-9H,2,5H2,1H3. The molecule has 5 aromatic rings. The highest BCUT2D eigenvalue weighted by Crippen LogP contribution is 2.25. The van der Waals surface area contributed by atoms with E-state index >= 15 is 0 Å². The summed E-state index contributed by atoms with van der Waals surface area (Å²) in [6.45, 7) is 2.97. The first-order valence-electron chi connectivity index (χ1n) is 7.71. The smallest absolute Gasteiger partial charge is 0.206 e. The van der Waals surface area contributed by atoms with Crippen molar-refractivity contribution in [3.63, 3.8) is 0 Å². The molecular formula is C15H13N9. The molecule has 0 N–H and O–H groups in total. The maximum atomic E-state index is 4.27. The summed E-state index contributed by atoms with van der Waals surface area (Å²) in [6, 6.07) is 6.11. The SMILES string of the molecule is CCCn1cc(-c2ccc3c(c2)n2cnnc2c2nncn32)nn1. The molecule has 0 spiro atoms. The fraction of sp³-hybridized carbons (Fsp3) is 0.200. The van der Waals surface area contributed by atoms with Crippen molar-refractivity contribution in [2.75, 3.05) is 0 Å². The van der Waals surface area contributed by atoms with Gasteiger partial charge < -0.3 is 0 Å². The highest BCUT2D eigenvalue weighted by molar-refractivity contribution is 5.87. The number of benzene rings is 1. The highest BCUT2D eigenvalue weighted by Gasteiger charge is 2.13. The van der Waals surface area contributed by atoms with Crippen molar-refractivity contribution in [1.82, 2.24) is 44.2 Å². The molecule has 0 fully saturated rings. The first kappa shape index (κ1) is 13.1. The second kappa shape index (κ2) is 4.82. The van der Waals surface area contributed by atoms with Crippen LogP contribution in [0, 0.1) is 0 Å². The molecule has 0 atom stereocenters. The number of nitrogens with zero attached hydrogens (tertiary/aromatic N) is 9. The van der Waals surface area contributed by atoms with E-state index in [1.807, 2.05) is 31.8 Å². The first-order chi connectivity index (χ1) is 11.8. The molecule has 0 radical (unpaired) electrons. The monoisotopic (exact) mass is 319 g/mol. The zero-order valence-corrected chi connectivity index (χ0v) is 12.9. The quantitative estimate of drug-likeness (QED) is 0.501. The molecule has 1 aromatic carbocycles. The van der Waals surface area contributed by atoms with Crippen LogP contribution in [0.3, 0.4) is 0 Å². The Labute approximate surface area is 135 Å². The molecule has 24 heavy (non-hydrogen) atoms. The van der Waals surface area contributed by atoms with Crippen molar-refractivity contribution in [2.45, 2.75) is 19.9 Å². The van der Waals surface area contributed by atoms with Crippen molar-refractivity contribution in [3.8, 4) is 11.3 Å². The van der Waals surface area contributed by atoms with E-state index in [0.717, 1.165) is 35.3 Å². The van der Waals surface area contributed by atoms with E-state index in [0.29, 0.717) is 11.3 Å². The predicted octanol–water partition coefficient (Wildman–Crippen LogP) is 1.59. The van der Waals surface area contributed by atoms with Crippen LogP contribution in [0.1, 0.15) is 13.3 Å². The van der Waals surface area contributed by atoms with Gasteiger partial charge in [-0.25, -0.2) is 0 Å². The molecule has 4 heterocycles. The van der Waals surface area contributed by atoms with Crippen molar-refractivity contribution >= 4 is 22.3 Å². The summed E-state index contributed by atoms with van der Waals surface area (Å²) in [4.78, 5) is 0. The number of rotatable bonds is 3. The van der Waals surface area contributed by atoms with Crippen LogP contribution in [0.5, 0.6) is 0 Å². The maximum absolute atomic E-state index is 4.27. The Kier molecular flexibility index (Phi) is 2.63. The van der Waals surface area contributed by atoms with Gasteiger partial charge in [-0.2, -0.15) is 0 Å². The van der Waals surface area contributed by atoms with E-state index in [1.54, 1.807) is 12.7 Å². The molecule has 0 aliphatic carbocycles. The molecule has 0 aliphatic heterocycles. The molecule has 0 unspecified atom stereocenters. The fourth-order valence-corrected chi connectivity index (χ4v) is 2.98. The number of hydrogen-bond acceptors (Lipinski definition) is 6. The molecule has 4 aromatic heterocycles. The lowest BCUT2D eigenvalue weighted by Gasteiger charge is -2.06. The summed E-state index contributed by atoms with van der Waals surface area (Å²) in [7, 11) is 0. The van der Waals surface area contributed by atoms with Gasteiger partial charge in [-0.15, -0.1) is 25.5 Å². The Morgan fingerprint density at radius 2 is 1.67 bits per heavy atom. The molecule has 0 bridgehead atoms. The van der Waals surface area contributed by atoms with Crippen LogP contribution in [0.2, 0.25) is 0 Å². The molecule has 0 saturated carbocycles. The molecule has 5 rings (SSSR count). The molecule has 9 heteroatoms. The minimum absolute atomic E-state index is 0.673. The van der Waals surface area contributed by atoms with E-state index in [9.17, 15) is 0 Å². The third-order valence-corrected chi connectivity index (χ3v) is 4.08. The fourth-order valence-electron chi connectivity index (χ4n) is 2.98. The first-order valence-corrected chi connectivity index (χ1v) is 7.71. The lowest BCUT2D eigenvalue weighted by Crippen LogP contribution is -1.96. The largest absolute Gasteiger partial charge is 0.277 e. The highest BCUT2D eigenvalue weighted by atomic mass is 15.4. The molecule has 9 nitrogen and oxygen atoms in total. The molecule has 0 saturated heterocycles. The zero-order chi connectivity index (χ0) is 16.1. The maximum Gasteiger partial charge on any atom is 0.206 e. The number of aryl methyl sites for hydroxylation is 1. The minimum Gasteiger partial charge on any atom is -0.277 e. The second-order valence-electron chi connectivity index (χ2n) is 5.62. The number of hydrogen-bond donors (Lipinski definition) is 0.